The molecule has 2 aliphatic carbocycles. The quantitative estimate of drug-likeness (QED) is 0.753. The molecule has 1 atom stereocenters. The first kappa shape index (κ1) is 13.4. The van der Waals surface area contributed by atoms with Crippen molar-refractivity contribution in [1.82, 2.24) is 5.32 Å². The predicted molar refractivity (Wildman–Crippen MR) is 75.3 cm³/mol. The van der Waals surface area contributed by atoms with E-state index in [-0.39, 0.29) is 0 Å². The summed E-state index contributed by atoms with van der Waals surface area (Å²) in [5.74, 6) is 0.967. The molecular formula is C16H31N. The molecule has 0 unspecified atom stereocenters. The zero-order valence-electron chi connectivity index (χ0n) is 11.7. The summed E-state index contributed by atoms with van der Waals surface area (Å²) >= 11 is 0. The van der Waals surface area contributed by atoms with Crippen molar-refractivity contribution in [2.75, 3.05) is 0 Å². The SMILES string of the molecule is C[C@@H](NC1CCCCCCC1)C1CCCCC1. The van der Waals surface area contributed by atoms with Crippen LogP contribution < -0.4 is 5.32 Å². The Labute approximate surface area is 108 Å². The second-order valence-electron chi connectivity index (χ2n) is 6.40. The van der Waals surface area contributed by atoms with Crippen LogP contribution in [0.5, 0.6) is 0 Å². The van der Waals surface area contributed by atoms with Crippen LogP contribution in [0.4, 0.5) is 0 Å². The summed E-state index contributed by atoms with van der Waals surface area (Å²) in [6, 6.07) is 1.59. The molecule has 2 fully saturated rings. The molecule has 0 heterocycles. The maximum atomic E-state index is 3.96. The van der Waals surface area contributed by atoms with E-state index in [1.165, 1.54) is 77.0 Å². The summed E-state index contributed by atoms with van der Waals surface area (Å²) in [7, 11) is 0. The minimum atomic E-state index is 0.764. The molecule has 0 spiro atoms. The van der Waals surface area contributed by atoms with Gasteiger partial charge in [-0.05, 0) is 38.5 Å². The molecule has 0 amide bonds. The Morgan fingerprint density at radius 2 is 1.18 bits per heavy atom. The van der Waals surface area contributed by atoms with Gasteiger partial charge in [0.25, 0.3) is 0 Å². The van der Waals surface area contributed by atoms with E-state index in [4.69, 9.17) is 0 Å². The maximum Gasteiger partial charge on any atom is 0.00696 e. The lowest BCUT2D eigenvalue weighted by atomic mass is 9.84. The smallest absolute Gasteiger partial charge is 0.00696 e. The average molecular weight is 237 g/mol. The van der Waals surface area contributed by atoms with Crippen LogP contribution >= 0.6 is 0 Å². The van der Waals surface area contributed by atoms with Gasteiger partial charge in [-0.15, -0.1) is 0 Å². The van der Waals surface area contributed by atoms with E-state index in [1.54, 1.807) is 0 Å². The molecule has 2 saturated carbocycles. The number of hydrogen-bond acceptors (Lipinski definition) is 1. The molecular weight excluding hydrogens is 206 g/mol. The maximum absolute atomic E-state index is 3.96. The van der Waals surface area contributed by atoms with Gasteiger partial charge in [0, 0.05) is 12.1 Å². The van der Waals surface area contributed by atoms with Gasteiger partial charge in [0.1, 0.15) is 0 Å². The fraction of sp³-hybridized carbons (Fsp3) is 1.00. The van der Waals surface area contributed by atoms with Gasteiger partial charge >= 0.3 is 0 Å². The van der Waals surface area contributed by atoms with E-state index in [0.29, 0.717) is 0 Å². The zero-order chi connectivity index (χ0) is 11.9. The highest BCUT2D eigenvalue weighted by Gasteiger charge is 2.22. The van der Waals surface area contributed by atoms with Gasteiger partial charge in [-0.3, -0.25) is 0 Å². The lowest BCUT2D eigenvalue weighted by Crippen LogP contribution is -2.41. The van der Waals surface area contributed by atoms with Gasteiger partial charge in [0.2, 0.25) is 0 Å². The van der Waals surface area contributed by atoms with Gasteiger partial charge in [0.05, 0.1) is 0 Å². The summed E-state index contributed by atoms with van der Waals surface area (Å²) in [6.07, 6.45) is 17.5. The Kier molecular flexibility index (Phi) is 5.84. The molecule has 1 N–H and O–H groups in total. The lowest BCUT2D eigenvalue weighted by molar-refractivity contribution is 0.249. The van der Waals surface area contributed by atoms with Gasteiger partial charge in [-0.1, -0.05) is 51.4 Å². The van der Waals surface area contributed by atoms with Crippen molar-refractivity contribution in [2.45, 2.75) is 96.1 Å². The van der Waals surface area contributed by atoms with E-state index >= 15 is 0 Å². The molecule has 2 rings (SSSR count). The third-order valence-corrected chi connectivity index (χ3v) is 4.96. The minimum Gasteiger partial charge on any atom is -0.311 e. The Morgan fingerprint density at radius 1 is 0.706 bits per heavy atom. The van der Waals surface area contributed by atoms with E-state index in [2.05, 4.69) is 12.2 Å². The molecule has 1 heteroatoms. The van der Waals surface area contributed by atoms with Crippen molar-refractivity contribution >= 4 is 0 Å². The Morgan fingerprint density at radius 3 is 1.82 bits per heavy atom. The van der Waals surface area contributed by atoms with Crippen LogP contribution in [-0.2, 0) is 0 Å². The van der Waals surface area contributed by atoms with Crippen molar-refractivity contribution in [3.05, 3.63) is 0 Å². The summed E-state index contributed by atoms with van der Waals surface area (Å²) in [5, 5.41) is 3.96. The van der Waals surface area contributed by atoms with Crippen LogP contribution in [-0.4, -0.2) is 12.1 Å². The van der Waals surface area contributed by atoms with Crippen LogP contribution in [0, 0.1) is 5.92 Å². The highest BCUT2D eigenvalue weighted by atomic mass is 14.9. The Hall–Kier alpha value is -0.0400. The molecule has 17 heavy (non-hydrogen) atoms. The van der Waals surface area contributed by atoms with Crippen LogP contribution in [0.3, 0.4) is 0 Å². The zero-order valence-corrected chi connectivity index (χ0v) is 11.7. The molecule has 0 aliphatic heterocycles. The highest BCUT2D eigenvalue weighted by Crippen LogP contribution is 2.27. The van der Waals surface area contributed by atoms with Crippen LogP contribution in [0.2, 0.25) is 0 Å². The van der Waals surface area contributed by atoms with Crippen molar-refractivity contribution in [3.8, 4) is 0 Å². The third-order valence-electron chi connectivity index (χ3n) is 4.96. The highest BCUT2D eigenvalue weighted by molar-refractivity contribution is 4.80. The monoisotopic (exact) mass is 237 g/mol. The number of nitrogens with one attached hydrogen (secondary N) is 1. The normalized spacial score (nSPS) is 27.4. The summed E-state index contributed by atoms with van der Waals surface area (Å²) in [5.41, 5.74) is 0. The Bertz CT molecular complexity index is 188. The fourth-order valence-electron chi connectivity index (χ4n) is 3.76. The van der Waals surface area contributed by atoms with Gasteiger partial charge in [-0.25, -0.2) is 0 Å². The molecule has 1 nitrogen and oxygen atoms in total. The molecule has 0 bridgehead atoms. The second-order valence-corrected chi connectivity index (χ2v) is 6.40. The molecule has 2 aliphatic rings. The van der Waals surface area contributed by atoms with Gasteiger partial charge in [-0.2, -0.15) is 0 Å². The summed E-state index contributed by atoms with van der Waals surface area (Å²) < 4.78 is 0. The molecule has 100 valence electrons. The van der Waals surface area contributed by atoms with E-state index < -0.39 is 0 Å². The fourth-order valence-corrected chi connectivity index (χ4v) is 3.76. The standard InChI is InChI=1S/C16H31N/c1-14(15-10-6-5-7-11-15)17-16-12-8-3-2-4-9-13-16/h14-17H,2-13H2,1H3/t14-/m1/s1. The van der Waals surface area contributed by atoms with Crippen LogP contribution in [0.1, 0.15) is 84.0 Å². The topological polar surface area (TPSA) is 12.0 Å². The largest absolute Gasteiger partial charge is 0.311 e. The predicted octanol–water partition coefficient (Wildman–Crippen LogP) is 4.66. The van der Waals surface area contributed by atoms with Crippen molar-refractivity contribution in [3.63, 3.8) is 0 Å². The Balaban J connectivity index is 1.73. The molecule has 0 radical (unpaired) electrons. The molecule has 0 aromatic rings. The molecule has 0 aromatic heterocycles. The number of rotatable bonds is 3. The van der Waals surface area contributed by atoms with Crippen molar-refractivity contribution in [2.24, 2.45) is 5.92 Å². The van der Waals surface area contributed by atoms with E-state index in [1.807, 2.05) is 0 Å². The van der Waals surface area contributed by atoms with Crippen molar-refractivity contribution < 1.29 is 0 Å². The first-order valence-electron chi connectivity index (χ1n) is 8.12. The third kappa shape index (κ3) is 4.62. The second kappa shape index (κ2) is 7.41. The molecule has 0 saturated heterocycles. The molecule has 0 aromatic carbocycles. The van der Waals surface area contributed by atoms with Crippen molar-refractivity contribution in [1.29, 1.82) is 0 Å². The van der Waals surface area contributed by atoms with Gasteiger partial charge < -0.3 is 5.32 Å². The summed E-state index contributed by atoms with van der Waals surface area (Å²) in [6.45, 7) is 2.44. The summed E-state index contributed by atoms with van der Waals surface area (Å²) in [4.78, 5) is 0. The first-order chi connectivity index (χ1) is 8.36. The van der Waals surface area contributed by atoms with E-state index in [9.17, 15) is 0 Å². The van der Waals surface area contributed by atoms with Gasteiger partial charge in [0.15, 0.2) is 0 Å². The van der Waals surface area contributed by atoms with E-state index in [0.717, 1.165) is 18.0 Å². The van der Waals surface area contributed by atoms with Crippen LogP contribution in [0.15, 0.2) is 0 Å². The lowest BCUT2D eigenvalue weighted by Gasteiger charge is -2.32. The average Bonchev–Trinajstić information content (AvgIpc) is 2.33. The minimum absolute atomic E-state index is 0.764. The van der Waals surface area contributed by atoms with Crippen LogP contribution in [0.25, 0.3) is 0 Å². The first-order valence-corrected chi connectivity index (χ1v) is 8.12. The number of hydrogen-bond donors (Lipinski definition) is 1.